The van der Waals surface area contributed by atoms with Crippen molar-refractivity contribution in [3.63, 3.8) is 0 Å². The van der Waals surface area contributed by atoms with Gasteiger partial charge in [0, 0.05) is 16.7 Å². The molecule has 0 aliphatic heterocycles. The number of nitrogens with one attached hydrogen (secondary N) is 1. The van der Waals surface area contributed by atoms with E-state index < -0.39 is 6.10 Å². The smallest absolute Gasteiger partial charge is 0.0945 e. The number of ether oxygens (including phenoxy) is 1. The summed E-state index contributed by atoms with van der Waals surface area (Å²) in [5.74, 6) is 0. The fourth-order valence-electron chi connectivity index (χ4n) is 1.30. The van der Waals surface area contributed by atoms with Gasteiger partial charge in [-0.15, -0.1) is 0 Å². The lowest BCUT2D eigenvalue weighted by molar-refractivity contribution is 0.0112. The number of hydrogen-bond acceptors (Lipinski definition) is 3. The van der Waals surface area contributed by atoms with Crippen LogP contribution in [0.5, 0.6) is 0 Å². The lowest BCUT2D eigenvalue weighted by Crippen LogP contribution is -2.26. The molecule has 0 saturated carbocycles. The van der Waals surface area contributed by atoms with E-state index in [0.717, 1.165) is 10.2 Å². The lowest BCUT2D eigenvalue weighted by Gasteiger charge is -2.15. The Balaban J connectivity index is 2.36. The topological polar surface area (TPSA) is 41.5 Å². The van der Waals surface area contributed by atoms with Gasteiger partial charge in [-0.2, -0.15) is 0 Å². The van der Waals surface area contributed by atoms with Gasteiger partial charge in [-0.25, -0.2) is 0 Å². The molecule has 1 aromatic carbocycles. The van der Waals surface area contributed by atoms with E-state index >= 15 is 0 Å². The van der Waals surface area contributed by atoms with E-state index in [-0.39, 0.29) is 6.10 Å². The molecule has 0 bridgehead atoms. The van der Waals surface area contributed by atoms with Crippen LogP contribution in [0.4, 0.5) is 5.69 Å². The molecule has 1 atom stereocenters. The third-order valence-electron chi connectivity index (χ3n) is 2.34. The summed E-state index contributed by atoms with van der Waals surface area (Å²) < 4.78 is 6.40. The normalized spacial score (nSPS) is 12.8. The van der Waals surface area contributed by atoms with E-state index in [0.29, 0.717) is 13.2 Å². The molecule has 96 valence electrons. The molecule has 0 fully saturated rings. The van der Waals surface area contributed by atoms with Crippen molar-refractivity contribution in [3.05, 3.63) is 28.2 Å². The van der Waals surface area contributed by atoms with E-state index in [1.165, 1.54) is 5.56 Å². The highest BCUT2D eigenvalue weighted by atomic mass is 79.9. The lowest BCUT2D eigenvalue weighted by atomic mass is 10.2. The molecule has 0 amide bonds. The van der Waals surface area contributed by atoms with Gasteiger partial charge in [-0.3, -0.25) is 0 Å². The number of halogens is 1. The van der Waals surface area contributed by atoms with Crippen molar-refractivity contribution in [1.29, 1.82) is 0 Å². The zero-order valence-electron chi connectivity index (χ0n) is 10.5. The Morgan fingerprint density at radius 2 is 2.12 bits per heavy atom. The Morgan fingerprint density at radius 1 is 1.41 bits per heavy atom. The molecule has 17 heavy (non-hydrogen) atoms. The van der Waals surface area contributed by atoms with Crippen LogP contribution < -0.4 is 5.32 Å². The van der Waals surface area contributed by atoms with Gasteiger partial charge in [0.2, 0.25) is 0 Å². The number of aryl methyl sites for hydroxylation is 1. The number of anilines is 1. The van der Waals surface area contributed by atoms with Crippen LogP contribution in [-0.4, -0.2) is 30.5 Å². The summed E-state index contributed by atoms with van der Waals surface area (Å²) >= 11 is 3.48. The fraction of sp³-hybridized carbons (Fsp3) is 0.538. The first-order valence-electron chi connectivity index (χ1n) is 5.78. The molecule has 4 heteroatoms. The highest BCUT2D eigenvalue weighted by Gasteiger charge is 2.05. The summed E-state index contributed by atoms with van der Waals surface area (Å²) in [5, 5.41) is 12.9. The van der Waals surface area contributed by atoms with Gasteiger partial charge < -0.3 is 15.2 Å². The van der Waals surface area contributed by atoms with Crippen LogP contribution in [0.3, 0.4) is 0 Å². The van der Waals surface area contributed by atoms with Crippen molar-refractivity contribution in [1.82, 2.24) is 0 Å². The second kappa shape index (κ2) is 6.99. The molecule has 1 rings (SSSR count). The molecule has 0 saturated heterocycles. The van der Waals surface area contributed by atoms with Gasteiger partial charge in [-0.05, 0) is 38.5 Å². The molecule has 0 aliphatic carbocycles. The van der Waals surface area contributed by atoms with Crippen molar-refractivity contribution >= 4 is 21.6 Å². The number of hydrogen-bond donors (Lipinski definition) is 2. The van der Waals surface area contributed by atoms with Crippen molar-refractivity contribution in [2.75, 3.05) is 18.5 Å². The largest absolute Gasteiger partial charge is 0.389 e. The molecule has 0 aromatic heterocycles. The summed E-state index contributed by atoms with van der Waals surface area (Å²) in [6.07, 6.45) is -0.337. The van der Waals surface area contributed by atoms with Gasteiger partial charge >= 0.3 is 0 Å². The Morgan fingerprint density at radius 3 is 2.71 bits per heavy atom. The highest BCUT2D eigenvalue weighted by molar-refractivity contribution is 9.10. The first-order chi connectivity index (χ1) is 7.99. The molecular weight excluding hydrogens is 282 g/mol. The van der Waals surface area contributed by atoms with Gasteiger partial charge in [-0.1, -0.05) is 22.0 Å². The Labute approximate surface area is 111 Å². The van der Waals surface area contributed by atoms with Gasteiger partial charge in [0.25, 0.3) is 0 Å². The first-order valence-corrected chi connectivity index (χ1v) is 6.58. The minimum atomic E-state index is -0.488. The van der Waals surface area contributed by atoms with E-state index in [2.05, 4.69) is 21.2 Å². The molecule has 1 unspecified atom stereocenters. The van der Waals surface area contributed by atoms with E-state index in [9.17, 15) is 5.11 Å². The molecule has 0 heterocycles. The highest BCUT2D eigenvalue weighted by Crippen LogP contribution is 2.20. The summed E-state index contributed by atoms with van der Waals surface area (Å²) in [6, 6.07) is 6.03. The minimum Gasteiger partial charge on any atom is -0.389 e. The van der Waals surface area contributed by atoms with Crippen molar-refractivity contribution < 1.29 is 9.84 Å². The van der Waals surface area contributed by atoms with Crippen LogP contribution in [0.2, 0.25) is 0 Å². The van der Waals surface area contributed by atoms with Crippen LogP contribution >= 0.6 is 15.9 Å². The number of benzene rings is 1. The summed E-state index contributed by atoms with van der Waals surface area (Å²) in [5.41, 5.74) is 2.19. The molecule has 1 aromatic rings. The average Bonchev–Trinajstić information content (AvgIpc) is 2.28. The van der Waals surface area contributed by atoms with E-state index in [1.807, 2.05) is 39.0 Å². The van der Waals surface area contributed by atoms with Gasteiger partial charge in [0.05, 0.1) is 18.8 Å². The monoisotopic (exact) mass is 301 g/mol. The average molecular weight is 302 g/mol. The Bertz CT molecular complexity index is 355. The molecule has 0 aliphatic rings. The molecule has 0 spiro atoms. The van der Waals surface area contributed by atoms with Gasteiger partial charge in [0.1, 0.15) is 0 Å². The van der Waals surface area contributed by atoms with Crippen molar-refractivity contribution in [2.24, 2.45) is 0 Å². The predicted octanol–water partition coefficient (Wildman–Crippen LogP) is 2.96. The summed E-state index contributed by atoms with van der Waals surface area (Å²) in [4.78, 5) is 0. The summed E-state index contributed by atoms with van der Waals surface area (Å²) in [6.45, 7) is 6.80. The molecule has 0 radical (unpaired) electrons. The molecule has 3 nitrogen and oxygen atoms in total. The zero-order valence-corrected chi connectivity index (χ0v) is 12.1. The quantitative estimate of drug-likeness (QED) is 0.849. The van der Waals surface area contributed by atoms with E-state index in [1.54, 1.807) is 0 Å². The second-order valence-electron chi connectivity index (χ2n) is 4.38. The first kappa shape index (κ1) is 14.5. The molecular formula is C13H20BrNO2. The van der Waals surface area contributed by atoms with Crippen LogP contribution in [0.15, 0.2) is 22.7 Å². The maximum absolute atomic E-state index is 9.68. The van der Waals surface area contributed by atoms with E-state index in [4.69, 9.17) is 4.74 Å². The third-order valence-corrected chi connectivity index (χ3v) is 3.19. The Hall–Kier alpha value is -0.580. The van der Waals surface area contributed by atoms with Crippen molar-refractivity contribution in [3.8, 4) is 0 Å². The van der Waals surface area contributed by atoms with Crippen LogP contribution in [-0.2, 0) is 4.74 Å². The number of aliphatic hydroxyl groups excluding tert-OH is 1. The Kier molecular flexibility index (Phi) is 5.95. The SMILES string of the molecule is Cc1ccc(NCC(O)COC(C)C)cc1Br. The number of rotatable bonds is 6. The third kappa shape index (κ3) is 5.52. The van der Waals surface area contributed by atoms with Crippen molar-refractivity contribution in [2.45, 2.75) is 33.0 Å². The van der Waals surface area contributed by atoms with Crippen LogP contribution in [0.25, 0.3) is 0 Å². The minimum absolute atomic E-state index is 0.151. The molecule has 2 N–H and O–H groups in total. The second-order valence-corrected chi connectivity index (χ2v) is 5.24. The van der Waals surface area contributed by atoms with Gasteiger partial charge in [0.15, 0.2) is 0 Å². The predicted molar refractivity (Wildman–Crippen MR) is 74.5 cm³/mol. The van der Waals surface area contributed by atoms with Crippen LogP contribution in [0, 0.1) is 6.92 Å². The zero-order chi connectivity index (χ0) is 12.8. The maximum Gasteiger partial charge on any atom is 0.0945 e. The summed E-state index contributed by atoms with van der Waals surface area (Å²) in [7, 11) is 0. The fourth-order valence-corrected chi connectivity index (χ4v) is 1.68. The maximum atomic E-state index is 9.68. The standard InChI is InChI=1S/C13H20BrNO2/c1-9(2)17-8-12(16)7-15-11-5-4-10(3)13(14)6-11/h4-6,9,12,15-16H,7-8H2,1-3H3. The van der Waals surface area contributed by atoms with Crippen LogP contribution in [0.1, 0.15) is 19.4 Å². The number of aliphatic hydroxyl groups is 1.